The molecule has 1 aliphatic heterocycles. The Hall–Kier alpha value is -2.13. The van der Waals surface area contributed by atoms with E-state index in [0.29, 0.717) is 13.2 Å². The SMILES string of the molecule is CCNC=[N+]1CCOC(O/N=C(\C#N)C(=O)OCC)C1.F[P-](F)(F)(F)(F)F. The summed E-state index contributed by atoms with van der Waals surface area (Å²) in [4.78, 5) is 16.4. The molecule has 0 saturated carbocycles. The normalized spacial score (nSPS) is 21.7. The molecule has 0 radical (unpaired) electrons. The van der Waals surface area contributed by atoms with Gasteiger partial charge in [0.25, 0.3) is 12.0 Å². The fourth-order valence-electron chi connectivity index (χ4n) is 1.45. The Balaban J connectivity index is 0.000000821. The molecule has 0 aliphatic carbocycles. The van der Waals surface area contributed by atoms with E-state index in [9.17, 15) is 30.0 Å². The van der Waals surface area contributed by atoms with Crippen molar-refractivity contribution in [2.45, 2.75) is 20.1 Å². The van der Waals surface area contributed by atoms with Gasteiger partial charge in [0.2, 0.25) is 6.34 Å². The molecular formula is C12H19F6N4O4P. The number of nitrogens with one attached hydrogen (secondary N) is 1. The molecule has 0 aromatic rings. The number of nitrogens with zero attached hydrogens (tertiary/aromatic N) is 3. The van der Waals surface area contributed by atoms with Crippen molar-refractivity contribution in [2.24, 2.45) is 5.16 Å². The summed E-state index contributed by atoms with van der Waals surface area (Å²) >= 11 is 0. The van der Waals surface area contributed by atoms with Crippen LogP contribution in [0.2, 0.25) is 0 Å². The van der Waals surface area contributed by atoms with Gasteiger partial charge in [-0.25, -0.2) is 4.79 Å². The van der Waals surface area contributed by atoms with Gasteiger partial charge in [0.15, 0.2) is 0 Å². The number of carbonyl (C=O) groups is 1. The third-order valence-corrected chi connectivity index (χ3v) is 2.38. The van der Waals surface area contributed by atoms with Crippen LogP contribution >= 0.6 is 7.81 Å². The van der Waals surface area contributed by atoms with Gasteiger partial charge >= 0.3 is 39.0 Å². The third-order valence-electron chi connectivity index (χ3n) is 2.38. The number of hydrogen-bond acceptors (Lipinski definition) is 6. The van der Waals surface area contributed by atoms with Crippen LogP contribution in [0.25, 0.3) is 0 Å². The average Bonchev–Trinajstić information content (AvgIpc) is 2.51. The summed E-state index contributed by atoms with van der Waals surface area (Å²) in [6.45, 7) is 6.30. The van der Waals surface area contributed by atoms with Crippen molar-refractivity contribution in [1.29, 1.82) is 5.26 Å². The fourth-order valence-corrected chi connectivity index (χ4v) is 1.45. The molecule has 0 spiro atoms. The number of ether oxygens (including phenoxy) is 2. The molecule has 27 heavy (non-hydrogen) atoms. The van der Waals surface area contributed by atoms with Crippen molar-refractivity contribution in [1.82, 2.24) is 5.32 Å². The van der Waals surface area contributed by atoms with Gasteiger partial charge in [0.05, 0.1) is 19.8 Å². The first-order valence-electron chi connectivity index (χ1n) is 7.46. The summed E-state index contributed by atoms with van der Waals surface area (Å²) in [5, 5.41) is 15.4. The number of halogens is 6. The number of morpholine rings is 1. The maximum absolute atomic E-state index is 11.3. The van der Waals surface area contributed by atoms with Crippen molar-refractivity contribution >= 4 is 25.8 Å². The van der Waals surface area contributed by atoms with Gasteiger partial charge in [-0.15, -0.1) is 0 Å². The second-order valence-electron chi connectivity index (χ2n) is 4.82. The average molecular weight is 428 g/mol. The van der Waals surface area contributed by atoms with Gasteiger partial charge in [0.1, 0.15) is 19.2 Å². The molecule has 0 amide bonds. The molecule has 1 heterocycles. The Morgan fingerprint density at radius 2 is 1.96 bits per heavy atom. The summed E-state index contributed by atoms with van der Waals surface area (Å²) in [7, 11) is -10.7. The second-order valence-corrected chi connectivity index (χ2v) is 6.73. The first-order chi connectivity index (χ1) is 12.2. The monoisotopic (exact) mass is 428 g/mol. The molecule has 1 rings (SSSR count). The molecule has 1 N–H and O–H groups in total. The van der Waals surface area contributed by atoms with Gasteiger partial charge in [-0.05, 0) is 13.8 Å². The first kappa shape index (κ1) is 24.9. The Kier molecular flexibility index (Phi) is 8.46. The topological polar surface area (TPSA) is 96.0 Å². The van der Waals surface area contributed by atoms with Crippen LogP contribution in [0.5, 0.6) is 0 Å². The number of hydrogen-bond donors (Lipinski definition) is 1. The summed E-state index contributed by atoms with van der Waals surface area (Å²) in [6.07, 6.45) is 1.22. The van der Waals surface area contributed by atoms with E-state index < -0.39 is 25.8 Å². The van der Waals surface area contributed by atoms with Gasteiger partial charge in [-0.1, -0.05) is 5.16 Å². The molecule has 15 heteroatoms. The molecule has 0 aromatic heterocycles. The summed E-state index contributed by atoms with van der Waals surface area (Å²) < 4.78 is 71.2. The van der Waals surface area contributed by atoms with Crippen LogP contribution in [0.1, 0.15) is 13.8 Å². The number of carbonyl (C=O) groups excluding carboxylic acids is 1. The zero-order chi connectivity index (χ0) is 21.2. The molecule has 1 aliphatic rings. The maximum atomic E-state index is 11.3. The number of nitriles is 1. The first-order valence-corrected chi connectivity index (χ1v) is 9.48. The molecule has 0 bridgehead atoms. The molecule has 8 nitrogen and oxygen atoms in total. The zero-order valence-corrected chi connectivity index (χ0v) is 15.3. The Morgan fingerprint density at radius 3 is 2.44 bits per heavy atom. The van der Waals surface area contributed by atoms with Crippen LogP contribution in [0, 0.1) is 11.3 Å². The van der Waals surface area contributed by atoms with Gasteiger partial charge in [-0.3, -0.25) is 9.89 Å². The minimum atomic E-state index is -10.7. The summed E-state index contributed by atoms with van der Waals surface area (Å²) in [5.41, 5.74) is -0.428. The number of oxime groups is 1. The number of rotatable bonds is 6. The molecule has 1 fully saturated rings. The molecule has 1 atom stereocenters. The quantitative estimate of drug-likeness (QED) is 0.133. The van der Waals surface area contributed by atoms with E-state index in [1.807, 2.05) is 17.8 Å². The van der Waals surface area contributed by atoms with Crippen LogP contribution in [0.4, 0.5) is 25.2 Å². The van der Waals surface area contributed by atoms with Gasteiger partial charge in [-0.2, -0.15) is 5.26 Å². The van der Waals surface area contributed by atoms with E-state index >= 15 is 0 Å². The Labute approximate surface area is 150 Å². The standard InChI is InChI=1S/C12H18N4O4.F6P/c1-3-14-9-16-5-6-19-11(8-16)20-15-10(7-13)12(17)18-4-2;1-7(2,3,4,5)6/h9,11H,3-6,8H2,1-2H3;/q;-1/p+1/b15-10+;. The van der Waals surface area contributed by atoms with Crippen LogP contribution in [0.15, 0.2) is 5.16 Å². The Bertz CT molecular complexity index is 606. The fraction of sp³-hybridized carbons (Fsp3) is 0.667. The molecule has 158 valence electrons. The molecule has 0 aromatic carbocycles. The van der Waals surface area contributed by atoms with E-state index in [-0.39, 0.29) is 6.61 Å². The molecule has 1 saturated heterocycles. The number of esters is 1. The predicted molar refractivity (Wildman–Crippen MR) is 83.8 cm³/mol. The van der Waals surface area contributed by atoms with Crippen LogP contribution in [0.3, 0.4) is 0 Å². The second kappa shape index (κ2) is 9.18. The van der Waals surface area contributed by atoms with E-state index in [4.69, 9.17) is 14.8 Å². The van der Waals surface area contributed by atoms with Gasteiger partial charge in [0, 0.05) is 0 Å². The predicted octanol–water partition coefficient (Wildman–Crippen LogP) is 2.83. The van der Waals surface area contributed by atoms with E-state index in [1.54, 1.807) is 13.0 Å². The van der Waals surface area contributed by atoms with Crippen LogP contribution in [-0.4, -0.2) is 61.7 Å². The van der Waals surface area contributed by atoms with Crippen molar-refractivity contribution in [3.05, 3.63) is 0 Å². The molecule has 1 unspecified atom stereocenters. The molecular weight excluding hydrogens is 409 g/mol. The van der Waals surface area contributed by atoms with E-state index in [0.717, 1.165) is 13.1 Å². The van der Waals surface area contributed by atoms with Crippen LogP contribution < -0.4 is 5.32 Å². The van der Waals surface area contributed by atoms with Gasteiger partial charge < -0.3 is 14.3 Å². The van der Waals surface area contributed by atoms with Crippen molar-refractivity contribution in [3.63, 3.8) is 0 Å². The summed E-state index contributed by atoms with van der Waals surface area (Å²) in [5.74, 6) is -0.804. The van der Waals surface area contributed by atoms with Crippen LogP contribution in [-0.2, 0) is 19.1 Å². The summed E-state index contributed by atoms with van der Waals surface area (Å²) in [6, 6.07) is 1.63. The van der Waals surface area contributed by atoms with E-state index in [1.165, 1.54) is 0 Å². The Morgan fingerprint density at radius 1 is 1.37 bits per heavy atom. The third kappa shape index (κ3) is 17.1. The zero-order valence-electron chi connectivity index (χ0n) is 14.4. The van der Waals surface area contributed by atoms with Crippen molar-refractivity contribution in [2.75, 3.05) is 32.8 Å². The van der Waals surface area contributed by atoms with Crippen molar-refractivity contribution in [3.8, 4) is 6.07 Å². The van der Waals surface area contributed by atoms with E-state index in [2.05, 4.69) is 15.2 Å². The van der Waals surface area contributed by atoms with Crippen molar-refractivity contribution < 1.29 is 48.9 Å². The minimum absolute atomic E-state index is 0.172.